The van der Waals surface area contributed by atoms with Crippen LogP contribution in [0, 0.1) is 5.92 Å². The summed E-state index contributed by atoms with van der Waals surface area (Å²) in [5, 5.41) is 4.50. The summed E-state index contributed by atoms with van der Waals surface area (Å²) in [7, 11) is 3.32. The molecule has 0 saturated heterocycles. The van der Waals surface area contributed by atoms with Crippen LogP contribution in [0.1, 0.15) is 29.5 Å². The Hall–Kier alpha value is -1.65. The molecular formula is C20H19BrClNO2. The second kappa shape index (κ2) is 6.58. The van der Waals surface area contributed by atoms with Gasteiger partial charge in [-0.1, -0.05) is 23.8 Å². The van der Waals surface area contributed by atoms with Crippen molar-refractivity contribution in [1.82, 2.24) is 0 Å². The average molecular weight is 421 g/mol. The lowest BCUT2D eigenvalue weighted by Crippen LogP contribution is -2.29. The lowest BCUT2D eigenvalue weighted by Gasteiger charge is -2.37. The highest BCUT2D eigenvalue weighted by atomic mass is 79.9. The van der Waals surface area contributed by atoms with E-state index in [0.29, 0.717) is 11.8 Å². The lowest BCUT2D eigenvalue weighted by molar-refractivity contribution is 0.351. The van der Waals surface area contributed by atoms with E-state index in [4.69, 9.17) is 21.1 Å². The lowest BCUT2D eigenvalue weighted by atomic mass is 9.77. The molecule has 130 valence electrons. The molecule has 0 radical (unpaired) electrons. The molecule has 0 fully saturated rings. The van der Waals surface area contributed by atoms with Crippen LogP contribution in [0.15, 0.2) is 47.0 Å². The third-order valence-corrected chi connectivity index (χ3v) is 5.96. The van der Waals surface area contributed by atoms with E-state index in [1.807, 2.05) is 6.07 Å². The van der Waals surface area contributed by atoms with Gasteiger partial charge in [0.15, 0.2) is 11.5 Å². The van der Waals surface area contributed by atoms with Crippen molar-refractivity contribution >= 4 is 33.2 Å². The minimum Gasteiger partial charge on any atom is -0.493 e. The fourth-order valence-electron chi connectivity index (χ4n) is 4.01. The molecule has 0 aromatic heterocycles. The standard InChI is InChI=1S/C20H19BrClNO2/c1-24-18-9-11(8-16(21)20(18)25-2)19-14-5-3-4-13(14)15-10-12(22)6-7-17(15)23-19/h3-4,6-10,13-14,19,23H,5H2,1-2H3/t13-,14+,19+/m1/s1. The fourth-order valence-corrected chi connectivity index (χ4v) is 4.81. The molecule has 1 heterocycles. The van der Waals surface area contributed by atoms with Gasteiger partial charge in [0.1, 0.15) is 0 Å². The van der Waals surface area contributed by atoms with Crippen molar-refractivity contribution in [1.29, 1.82) is 0 Å². The first-order chi connectivity index (χ1) is 12.1. The van der Waals surface area contributed by atoms with Gasteiger partial charge in [-0.2, -0.15) is 0 Å². The van der Waals surface area contributed by atoms with E-state index in [1.165, 1.54) is 11.1 Å². The van der Waals surface area contributed by atoms with E-state index in [2.05, 4.69) is 57.7 Å². The molecule has 2 aromatic rings. The number of benzene rings is 2. The summed E-state index contributed by atoms with van der Waals surface area (Å²) >= 11 is 9.84. The maximum atomic E-state index is 6.23. The van der Waals surface area contributed by atoms with Gasteiger partial charge in [0.05, 0.1) is 24.7 Å². The molecule has 1 aliphatic heterocycles. The number of hydrogen-bond acceptors (Lipinski definition) is 3. The number of hydrogen-bond donors (Lipinski definition) is 1. The maximum absolute atomic E-state index is 6.23. The molecule has 0 amide bonds. The molecule has 1 aliphatic carbocycles. The van der Waals surface area contributed by atoms with Gasteiger partial charge in [0, 0.05) is 16.6 Å². The largest absolute Gasteiger partial charge is 0.493 e. The molecule has 2 aromatic carbocycles. The van der Waals surface area contributed by atoms with Gasteiger partial charge in [-0.15, -0.1) is 0 Å². The van der Waals surface area contributed by atoms with Crippen molar-refractivity contribution in [3.05, 3.63) is 63.1 Å². The fraction of sp³-hybridized carbons (Fsp3) is 0.300. The van der Waals surface area contributed by atoms with E-state index in [-0.39, 0.29) is 6.04 Å². The zero-order valence-electron chi connectivity index (χ0n) is 14.1. The predicted molar refractivity (Wildman–Crippen MR) is 105 cm³/mol. The molecule has 1 N–H and O–H groups in total. The van der Waals surface area contributed by atoms with Gasteiger partial charge in [0.25, 0.3) is 0 Å². The number of nitrogens with one attached hydrogen (secondary N) is 1. The first kappa shape index (κ1) is 16.8. The van der Waals surface area contributed by atoms with Gasteiger partial charge in [0.2, 0.25) is 0 Å². The Labute approximate surface area is 161 Å². The highest BCUT2D eigenvalue weighted by molar-refractivity contribution is 9.10. The van der Waals surface area contributed by atoms with E-state index < -0.39 is 0 Å². The van der Waals surface area contributed by atoms with Crippen molar-refractivity contribution in [2.24, 2.45) is 5.92 Å². The van der Waals surface area contributed by atoms with Crippen LogP contribution >= 0.6 is 27.5 Å². The molecule has 3 nitrogen and oxygen atoms in total. The molecular weight excluding hydrogens is 402 g/mol. The number of methoxy groups -OCH3 is 2. The molecule has 0 bridgehead atoms. The normalized spacial score (nSPS) is 23.6. The highest BCUT2D eigenvalue weighted by Gasteiger charge is 2.38. The second-order valence-electron chi connectivity index (χ2n) is 6.45. The van der Waals surface area contributed by atoms with Crippen LogP contribution < -0.4 is 14.8 Å². The highest BCUT2D eigenvalue weighted by Crippen LogP contribution is 2.51. The topological polar surface area (TPSA) is 30.5 Å². The number of halogens is 2. The monoisotopic (exact) mass is 419 g/mol. The van der Waals surface area contributed by atoms with Gasteiger partial charge < -0.3 is 14.8 Å². The van der Waals surface area contributed by atoms with Crippen molar-refractivity contribution in [2.75, 3.05) is 19.5 Å². The number of allylic oxidation sites excluding steroid dienone is 2. The molecule has 3 atom stereocenters. The molecule has 5 heteroatoms. The van der Waals surface area contributed by atoms with Crippen molar-refractivity contribution < 1.29 is 9.47 Å². The van der Waals surface area contributed by atoms with Crippen molar-refractivity contribution in [2.45, 2.75) is 18.4 Å². The zero-order chi connectivity index (χ0) is 17.6. The summed E-state index contributed by atoms with van der Waals surface area (Å²) in [5.74, 6) is 2.29. The van der Waals surface area contributed by atoms with Crippen LogP contribution in [-0.2, 0) is 0 Å². The first-order valence-electron chi connectivity index (χ1n) is 8.26. The van der Waals surface area contributed by atoms with Gasteiger partial charge in [-0.3, -0.25) is 0 Å². The Morgan fingerprint density at radius 3 is 2.76 bits per heavy atom. The van der Waals surface area contributed by atoms with Crippen LogP contribution in [0.4, 0.5) is 5.69 Å². The minimum absolute atomic E-state index is 0.199. The summed E-state index contributed by atoms with van der Waals surface area (Å²) in [4.78, 5) is 0. The van der Waals surface area contributed by atoms with E-state index in [0.717, 1.165) is 33.1 Å². The van der Waals surface area contributed by atoms with Crippen LogP contribution in [0.3, 0.4) is 0 Å². The molecule has 2 aliphatic rings. The average Bonchev–Trinajstić information content (AvgIpc) is 3.10. The molecule has 4 rings (SSSR count). The van der Waals surface area contributed by atoms with Crippen LogP contribution in [-0.4, -0.2) is 14.2 Å². The maximum Gasteiger partial charge on any atom is 0.174 e. The Morgan fingerprint density at radius 2 is 2.00 bits per heavy atom. The SMILES string of the molecule is COc1cc([C@@H]2Nc3ccc(Cl)cc3[C@@H]3C=CC[C@@H]32)cc(Br)c1OC. The molecule has 25 heavy (non-hydrogen) atoms. The molecule has 0 unspecified atom stereocenters. The summed E-state index contributed by atoms with van der Waals surface area (Å²) in [6, 6.07) is 10.5. The summed E-state index contributed by atoms with van der Waals surface area (Å²) < 4.78 is 11.9. The predicted octanol–water partition coefficient (Wildman–Crippen LogP) is 5.95. The smallest absolute Gasteiger partial charge is 0.174 e. The van der Waals surface area contributed by atoms with E-state index >= 15 is 0 Å². The van der Waals surface area contributed by atoms with Gasteiger partial charge in [-0.05, 0) is 69.7 Å². The summed E-state index contributed by atoms with van der Waals surface area (Å²) in [6.45, 7) is 0. The quantitative estimate of drug-likeness (QED) is 0.623. The van der Waals surface area contributed by atoms with E-state index in [9.17, 15) is 0 Å². The number of fused-ring (bicyclic) bond motifs is 3. The van der Waals surface area contributed by atoms with Crippen LogP contribution in [0.5, 0.6) is 11.5 Å². The third-order valence-electron chi connectivity index (χ3n) is 5.14. The Bertz CT molecular complexity index is 852. The molecule has 0 spiro atoms. The second-order valence-corrected chi connectivity index (χ2v) is 7.74. The Balaban J connectivity index is 1.79. The summed E-state index contributed by atoms with van der Waals surface area (Å²) in [5.41, 5.74) is 3.61. The van der Waals surface area contributed by atoms with Crippen molar-refractivity contribution in [3.63, 3.8) is 0 Å². The number of ether oxygens (including phenoxy) is 2. The van der Waals surface area contributed by atoms with Crippen molar-refractivity contribution in [3.8, 4) is 11.5 Å². The van der Waals surface area contributed by atoms with Crippen LogP contribution in [0.25, 0.3) is 0 Å². The summed E-state index contributed by atoms with van der Waals surface area (Å²) in [6.07, 6.45) is 5.62. The zero-order valence-corrected chi connectivity index (χ0v) is 16.4. The first-order valence-corrected chi connectivity index (χ1v) is 9.43. The minimum atomic E-state index is 0.199. The third kappa shape index (κ3) is 2.81. The molecule has 0 saturated carbocycles. The Kier molecular flexibility index (Phi) is 4.42. The van der Waals surface area contributed by atoms with Gasteiger partial charge in [-0.25, -0.2) is 0 Å². The Morgan fingerprint density at radius 1 is 1.16 bits per heavy atom. The number of anilines is 1. The van der Waals surface area contributed by atoms with Crippen LogP contribution in [0.2, 0.25) is 5.02 Å². The van der Waals surface area contributed by atoms with Gasteiger partial charge >= 0.3 is 0 Å². The van der Waals surface area contributed by atoms with E-state index in [1.54, 1.807) is 14.2 Å². The number of rotatable bonds is 3.